The number of hydrogen-bond donors (Lipinski definition) is 1. The highest BCUT2D eigenvalue weighted by Crippen LogP contribution is 2.31. The number of amides is 1. The monoisotopic (exact) mass is 393 g/mol. The lowest BCUT2D eigenvalue weighted by molar-refractivity contribution is -0.118. The third-order valence-electron chi connectivity index (χ3n) is 4.51. The van der Waals surface area contributed by atoms with E-state index in [9.17, 15) is 14.0 Å². The number of halogens is 1. The number of fused-ring (bicyclic) bond motifs is 1. The number of rotatable bonds is 4. The van der Waals surface area contributed by atoms with Crippen molar-refractivity contribution in [2.75, 3.05) is 5.32 Å². The van der Waals surface area contributed by atoms with Gasteiger partial charge in [-0.25, -0.2) is 9.37 Å². The molecule has 0 bridgehead atoms. The van der Waals surface area contributed by atoms with Gasteiger partial charge in [0, 0.05) is 16.6 Å². The number of benzene rings is 2. The molecule has 1 atom stereocenters. The second-order valence-electron chi connectivity index (χ2n) is 6.32. The zero-order chi connectivity index (χ0) is 19.7. The van der Waals surface area contributed by atoms with Crippen LogP contribution < -0.4 is 10.9 Å². The first-order valence-corrected chi connectivity index (χ1v) is 9.53. The van der Waals surface area contributed by atoms with Crippen molar-refractivity contribution in [1.29, 1.82) is 0 Å². The van der Waals surface area contributed by atoms with Crippen LogP contribution in [0.1, 0.15) is 13.0 Å². The van der Waals surface area contributed by atoms with Crippen LogP contribution in [0.4, 0.5) is 10.1 Å². The van der Waals surface area contributed by atoms with Crippen LogP contribution in [0.2, 0.25) is 0 Å². The molecule has 0 fully saturated rings. The van der Waals surface area contributed by atoms with Gasteiger partial charge in [-0.05, 0) is 36.8 Å². The van der Waals surface area contributed by atoms with E-state index in [0.29, 0.717) is 21.5 Å². The highest BCUT2D eigenvalue weighted by atomic mass is 32.1. The van der Waals surface area contributed by atoms with Crippen molar-refractivity contribution >= 4 is 33.1 Å². The summed E-state index contributed by atoms with van der Waals surface area (Å²) in [5.41, 5.74) is 1.76. The molecule has 4 rings (SSSR count). The summed E-state index contributed by atoms with van der Waals surface area (Å²) in [7, 11) is 0. The van der Waals surface area contributed by atoms with E-state index in [1.807, 2.05) is 23.6 Å². The number of anilines is 1. The Morgan fingerprint density at radius 2 is 1.86 bits per heavy atom. The number of carbonyl (C=O) groups is 1. The number of aromatic nitrogens is 2. The molecule has 0 saturated carbocycles. The minimum absolute atomic E-state index is 0.304. The van der Waals surface area contributed by atoms with Gasteiger partial charge in [0.2, 0.25) is 5.91 Å². The van der Waals surface area contributed by atoms with Crippen molar-refractivity contribution in [2.24, 2.45) is 0 Å². The average molecular weight is 393 g/mol. The number of nitrogens with one attached hydrogen (secondary N) is 1. The molecule has 2 heterocycles. The van der Waals surface area contributed by atoms with Crippen LogP contribution in [0.5, 0.6) is 0 Å². The Balaban J connectivity index is 1.73. The van der Waals surface area contributed by atoms with Crippen LogP contribution in [0.25, 0.3) is 21.3 Å². The average Bonchev–Trinajstić information content (AvgIpc) is 3.14. The molecule has 5 nitrogen and oxygen atoms in total. The molecular formula is C21H16FN3O2S. The van der Waals surface area contributed by atoms with Crippen molar-refractivity contribution < 1.29 is 9.18 Å². The summed E-state index contributed by atoms with van der Waals surface area (Å²) in [4.78, 5) is 30.6. The summed E-state index contributed by atoms with van der Waals surface area (Å²) in [5.74, 6) is -0.655. The molecule has 0 saturated heterocycles. The molecule has 1 unspecified atom stereocenters. The Bertz CT molecular complexity index is 1200. The highest BCUT2D eigenvalue weighted by molar-refractivity contribution is 7.17. The molecule has 0 radical (unpaired) electrons. The van der Waals surface area contributed by atoms with E-state index in [1.54, 1.807) is 31.2 Å². The first-order valence-electron chi connectivity index (χ1n) is 8.65. The zero-order valence-corrected chi connectivity index (χ0v) is 15.7. The lowest BCUT2D eigenvalue weighted by atomic mass is 10.1. The van der Waals surface area contributed by atoms with Gasteiger partial charge in [-0.1, -0.05) is 30.3 Å². The summed E-state index contributed by atoms with van der Waals surface area (Å²) in [5, 5.41) is 5.05. The molecule has 0 aliphatic rings. The summed E-state index contributed by atoms with van der Waals surface area (Å²) < 4.78 is 14.6. The van der Waals surface area contributed by atoms with Gasteiger partial charge in [0.15, 0.2) is 0 Å². The molecule has 7 heteroatoms. The summed E-state index contributed by atoms with van der Waals surface area (Å²) in [6.07, 6.45) is 1.39. The normalized spacial score (nSPS) is 12.1. The molecule has 1 amide bonds. The fourth-order valence-corrected chi connectivity index (χ4v) is 3.86. The second-order valence-corrected chi connectivity index (χ2v) is 7.18. The number of thiophene rings is 1. The van der Waals surface area contributed by atoms with Crippen LogP contribution in [-0.4, -0.2) is 15.5 Å². The predicted molar refractivity (Wildman–Crippen MR) is 109 cm³/mol. The molecule has 0 spiro atoms. The lowest BCUT2D eigenvalue weighted by Gasteiger charge is -2.15. The number of para-hydroxylation sites is 1. The molecule has 0 aliphatic heterocycles. The number of hydrogen-bond acceptors (Lipinski definition) is 4. The molecule has 0 aliphatic carbocycles. The van der Waals surface area contributed by atoms with Crippen molar-refractivity contribution in [1.82, 2.24) is 9.55 Å². The van der Waals surface area contributed by atoms with Crippen LogP contribution in [0.3, 0.4) is 0 Å². The Morgan fingerprint density at radius 1 is 1.14 bits per heavy atom. The zero-order valence-electron chi connectivity index (χ0n) is 14.9. The van der Waals surface area contributed by atoms with Gasteiger partial charge in [0.1, 0.15) is 16.7 Å². The van der Waals surface area contributed by atoms with Gasteiger partial charge in [0.05, 0.1) is 11.7 Å². The largest absolute Gasteiger partial charge is 0.324 e. The molecule has 2 aromatic heterocycles. The van der Waals surface area contributed by atoms with E-state index in [0.717, 1.165) is 5.56 Å². The van der Waals surface area contributed by atoms with Gasteiger partial charge >= 0.3 is 0 Å². The van der Waals surface area contributed by atoms with Gasteiger partial charge < -0.3 is 5.32 Å². The van der Waals surface area contributed by atoms with Crippen molar-refractivity contribution in [3.63, 3.8) is 0 Å². The first-order chi connectivity index (χ1) is 13.5. The van der Waals surface area contributed by atoms with Gasteiger partial charge in [-0.15, -0.1) is 11.3 Å². The van der Waals surface area contributed by atoms with E-state index in [-0.39, 0.29) is 17.3 Å². The summed E-state index contributed by atoms with van der Waals surface area (Å²) >= 11 is 1.34. The smallest absolute Gasteiger partial charge is 0.263 e. The third-order valence-corrected chi connectivity index (χ3v) is 5.40. The van der Waals surface area contributed by atoms with Crippen LogP contribution >= 0.6 is 11.3 Å². The van der Waals surface area contributed by atoms with E-state index in [2.05, 4.69) is 10.3 Å². The second kappa shape index (κ2) is 7.36. The summed E-state index contributed by atoms with van der Waals surface area (Å²) in [6, 6.07) is 14.3. The first kappa shape index (κ1) is 18.1. The van der Waals surface area contributed by atoms with E-state index in [4.69, 9.17) is 0 Å². The predicted octanol–water partition coefficient (Wildman–Crippen LogP) is 4.46. The van der Waals surface area contributed by atoms with Gasteiger partial charge in [-0.2, -0.15) is 0 Å². The SMILES string of the molecule is CC(C(=O)Nc1ccccc1)n1cnc2scc(-c3ccc(F)cc3)c2c1=O. The van der Waals surface area contributed by atoms with Gasteiger partial charge in [-0.3, -0.25) is 14.2 Å². The van der Waals surface area contributed by atoms with Crippen molar-refractivity contribution in [3.05, 3.63) is 82.5 Å². The topological polar surface area (TPSA) is 64.0 Å². The fourth-order valence-electron chi connectivity index (χ4n) is 2.96. The highest BCUT2D eigenvalue weighted by Gasteiger charge is 2.20. The fraction of sp³-hybridized carbons (Fsp3) is 0.0952. The molecule has 2 aromatic carbocycles. The van der Waals surface area contributed by atoms with Crippen molar-refractivity contribution in [2.45, 2.75) is 13.0 Å². The van der Waals surface area contributed by atoms with E-state index < -0.39 is 6.04 Å². The quantitative estimate of drug-likeness (QED) is 0.557. The number of nitrogens with zero attached hydrogens (tertiary/aromatic N) is 2. The Hall–Kier alpha value is -3.32. The standard InChI is InChI=1S/C21H16FN3O2S/c1-13(19(26)24-16-5-3-2-4-6-16)25-12-23-20-18(21(25)27)17(11-28-20)14-7-9-15(22)10-8-14/h2-13H,1H3,(H,24,26). The Kier molecular flexibility index (Phi) is 4.75. The van der Waals surface area contributed by atoms with Crippen LogP contribution in [0, 0.1) is 5.82 Å². The van der Waals surface area contributed by atoms with Gasteiger partial charge in [0.25, 0.3) is 5.56 Å². The molecular weight excluding hydrogens is 377 g/mol. The number of carbonyl (C=O) groups excluding carboxylic acids is 1. The Labute approximate surface area is 164 Å². The molecule has 4 aromatic rings. The summed E-state index contributed by atoms with van der Waals surface area (Å²) in [6.45, 7) is 1.65. The Morgan fingerprint density at radius 3 is 2.57 bits per heavy atom. The maximum absolute atomic E-state index is 13.2. The molecule has 140 valence electrons. The minimum Gasteiger partial charge on any atom is -0.324 e. The van der Waals surface area contributed by atoms with E-state index >= 15 is 0 Å². The lowest BCUT2D eigenvalue weighted by Crippen LogP contribution is -2.31. The third kappa shape index (κ3) is 3.32. The van der Waals surface area contributed by atoms with Crippen molar-refractivity contribution in [3.8, 4) is 11.1 Å². The molecule has 28 heavy (non-hydrogen) atoms. The molecule has 1 N–H and O–H groups in total. The minimum atomic E-state index is -0.745. The van der Waals surface area contributed by atoms with Crippen LogP contribution in [-0.2, 0) is 4.79 Å². The maximum Gasteiger partial charge on any atom is 0.263 e. The van der Waals surface area contributed by atoms with Crippen LogP contribution in [0.15, 0.2) is 71.1 Å². The maximum atomic E-state index is 13.2. The van der Waals surface area contributed by atoms with E-state index in [1.165, 1.54) is 34.4 Å².